The van der Waals surface area contributed by atoms with Crippen molar-refractivity contribution in [3.63, 3.8) is 0 Å². The molecule has 0 spiro atoms. The van der Waals surface area contributed by atoms with Crippen molar-refractivity contribution in [1.82, 2.24) is 0 Å². The predicted octanol–water partition coefficient (Wildman–Crippen LogP) is 5.28. The molecular formula is C18H26V-6. The zero-order valence-corrected chi connectivity index (χ0v) is 15.0. The fraction of sp³-hybridized carbons (Fsp3) is 0.444. The van der Waals surface area contributed by atoms with E-state index in [1.165, 1.54) is 44.5 Å². The maximum absolute atomic E-state index is 2.24. The van der Waals surface area contributed by atoms with Gasteiger partial charge in [0.15, 0.2) is 0 Å². The zero-order valence-electron chi connectivity index (χ0n) is 13.6. The second-order valence-corrected chi connectivity index (χ2v) is 5.52. The van der Waals surface area contributed by atoms with Gasteiger partial charge in [0.05, 0.1) is 0 Å². The normalized spacial score (nSPS) is 9.68. The first-order valence-electron chi connectivity index (χ1n) is 6.65. The summed E-state index contributed by atoms with van der Waals surface area (Å²) in [6.07, 6.45) is 0. The molecule has 0 amide bonds. The molecule has 0 aliphatic rings. The van der Waals surface area contributed by atoms with Crippen LogP contribution in [-0.2, 0) is 18.6 Å². The molecule has 0 aliphatic carbocycles. The number of hydrogen-bond donors (Lipinski definition) is 0. The Kier molecular flexibility index (Phi) is 6.90. The van der Waals surface area contributed by atoms with Crippen LogP contribution < -0.4 is 0 Å². The summed E-state index contributed by atoms with van der Waals surface area (Å²) in [5.41, 5.74) is 11.5. The predicted molar refractivity (Wildman–Crippen MR) is 82.0 cm³/mol. The first-order chi connectivity index (χ1) is 8.25. The minimum atomic E-state index is 0. The summed E-state index contributed by atoms with van der Waals surface area (Å²) in [6.45, 7) is 17.4. The maximum atomic E-state index is 2.24. The van der Waals surface area contributed by atoms with Crippen LogP contribution in [0.1, 0.15) is 44.5 Å². The van der Waals surface area contributed by atoms with Gasteiger partial charge in [-0.25, -0.2) is 27.7 Å². The second-order valence-electron chi connectivity index (χ2n) is 5.52. The molecular weight excluding hydrogens is 267 g/mol. The van der Waals surface area contributed by atoms with Gasteiger partial charge in [0.2, 0.25) is 0 Å². The minimum absolute atomic E-state index is 0. The molecule has 1 heteroatoms. The van der Waals surface area contributed by atoms with Gasteiger partial charge in [0.25, 0.3) is 0 Å². The van der Waals surface area contributed by atoms with E-state index in [-0.39, 0.29) is 18.6 Å². The fourth-order valence-corrected chi connectivity index (χ4v) is 2.27. The van der Waals surface area contributed by atoms with Crippen LogP contribution in [0.4, 0.5) is 0 Å². The topological polar surface area (TPSA) is 0 Å². The van der Waals surface area contributed by atoms with E-state index in [1.807, 2.05) is 0 Å². The van der Waals surface area contributed by atoms with Crippen LogP contribution in [0.15, 0.2) is 12.1 Å². The van der Waals surface area contributed by atoms with Crippen molar-refractivity contribution in [3.8, 4) is 0 Å². The average molecular weight is 293 g/mol. The summed E-state index contributed by atoms with van der Waals surface area (Å²) in [5, 5.41) is 0. The summed E-state index contributed by atoms with van der Waals surface area (Å²) in [7, 11) is 0. The van der Waals surface area contributed by atoms with Crippen LogP contribution in [0, 0.1) is 55.4 Å². The van der Waals surface area contributed by atoms with E-state index in [0.717, 1.165) is 0 Å². The third-order valence-corrected chi connectivity index (χ3v) is 4.36. The summed E-state index contributed by atoms with van der Waals surface area (Å²) in [4.78, 5) is 0. The number of aryl methyl sites for hydroxylation is 4. The Morgan fingerprint density at radius 2 is 1.26 bits per heavy atom. The Hall–Kier alpha value is -0.716. The van der Waals surface area contributed by atoms with E-state index < -0.39 is 0 Å². The Morgan fingerprint density at radius 3 is 1.37 bits per heavy atom. The van der Waals surface area contributed by atoms with Crippen molar-refractivity contribution in [3.05, 3.63) is 56.6 Å². The van der Waals surface area contributed by atoms with Crippen molar-refractivity contribution in [2.75, 3.05) is 0 Å². The fourth-order valence-electron chi connectivity index (χ4n) is 2.27. The smallest absolute Gasteiger partial charge is 0 e. The van der Waals surface area contributed by atoms with Gasteiger partial charge >= 0.3 is 0 Å². The van der Waals surface area contributed by atoms with E-state index >= 15 is 0 Å². The van der Waals surface area contributed by atoms with E-state index in [4.69, 9.17) is 0 Å². The van der Waals surface area contributed by atoms with Crippen LogP contribution in [0.2, 0.25) is 0 Å². The van der Waals surface area contributed by atoms with Crippen molar-refractivity contribution < 1.29 is 18.6 Å². The molecule has 0 fully saturated rings. The molecule has 0 saturated carbocycles. The molecule has 2 aromatic carbocycles. The van der Waals surface area contributed by atoms with E-state index in [1.54, 1.807) is 0 Å². The second kappa shape index (κ2) is 7.17. The van der Waals surface area contributed by atoms with Crippen molar-refractivity contribution in [2.45, 2.75) is 55.4 Å². The molecule has 0 N–H and O–H groups in total. The molecule has 0 saturated heterocycles. The van der Waals surface area contributed by atoms with Crippen LogP contribution in [0.25, 0.3) is 0 Å². The number of rotatable bonds is 0. The van der Waals surface area contributed by atoms with Crippen molar-refractivity contribution >= 4 is 0 Å². The van der Waals surface area contributed by atoms with Gasteiger partial charge in [-0.3, -0.25) is 0 Å². The number of hydrogen-bond acceptors (Lipinski definition) is 0. The summed E-state index contributed by atoms with van der Waals surface area (Å²) < 4.78 is 0. The summed E-state index contributed by atoms with van der Waals surface area (Å²) >= 11 is 0. The molecule has 19 heavy (non-hydrogen) atoms. The largest absolute Gasteiger partial charge is 0.743 e. The van der Waals surface area contributed by atoms with Gasteiger partial charge in [0, 0.05) is 18.6 Å². The Labute approximate surface area is 130 Å². The van der Waals surface area contributed by atoms with E-state index in [2.05, 4.69) is 67.5 Å². The van der Waals surface area contributed by atoms with Crippen LogP contribution in [0.5, 0.6) is 0 Å². The Bertz CT molecular complexity index is 443. The monoisotopic (exact) mass is 293 g/mol. The molecule has 109 valence electrons. The summed E-state index contributed by atoms with van der Waals surface area (Å²) in [6, 6.07) is 4.48. The first kappa shape index (κ1) is 18.3. The standard InChI is InChI=1S/2C9H13.V/c2*1-6-5-7(2)9(4)8(6)3;/h2*5H,1-4H3;/q-5;-1;. The van der Waals surface area contributed by atoms with Gasteiger partial charge in [-0.2, -0.15) is 28.3 Å². The van der Waals surface area contributed by atoms with Gasteiger partial charge in [-0.05, 0) is 0 Å². The third-order valence-electron chi connectivity index (χ3n) is 4.36. The molecule has 2 aromatic rings. The van der Waals surface area contributed by atoms with Gasteiger partial charge in [0.1, 0.15) is 0 Å². The first-order valence-corrected chi connectivity index (χ1v) is 6.65. The quantitative estimate of drug-likeness (QED) is 0.580. The minimum Gasteiger partial charge on any atom is -0.743 e. The molecule has 0 aromatic heterocycles. The maximum Gasteiger partial charge on any atom is 0 e. The molecule has 0 bridgehead atoms. The molecule has 0 unspecified atom stereocenters. The molecule has 0 heterocycles. The van der Waals surface area contributed by atoms with Gasteiger partial charge in [-0.1, -0.05) is 27.7 Å². The third kappa shape index (κ3) is 4.13. The Morgan fingerprint density at radius 1 is 0.842 bits per heavy atom. The van der Waals surface area contributed by atoms with Crippen molar-refractivity contribution in [1.29, 1.82) is 0 Å². The SMILES string of the molecule is C[c-]1[cH-][c-](C)[c-](C)[c-]1C.Cc1c[c-](C)c(C)c1C.[V]. The average Bonchev–Trinajstić information content (AvgIpc) is 2.66. The molecule has 2 rings (SSSR count). The molecule has 0 aliphatic heterocycles. The van der Waals surface area contributed by atoms with Gasteiger partial charge in [-0.15, -0.1) is 0 Å². The Balaban J connectivity index is 0.000000324. The van der Waals surface area contributed by atoms with E-state index in [0.29, 0.717) is 0 Å². The molecule has 0 nitrogen and oxygen atoms in total. The zero-order chi connectivity index (χ0) is 14.0. The van der Waals surface area contributed by atoms with Crippen LogP contribution in [-0.4, -0.2) is 0 Å². The van der Waals surface area contributed by atoms with Crippen LogP contribution >= 0.6 is 0 Å². The van der Waals surface area contributed by atoms with Crippen molar-refractivity contribution in [2.24, 2.45) is 0 Å². The van der Waals surface area contributed by atoms with E-state index in [9.17, 15) is 0 Å². The molecule has 0 atom stereocenters. The summed E-state index contributed by atoms with van der Waals surface area (Å²) in [5.74, 6) is 0. The molecule has 1 radical (unpaired) electrons. The van der Waals surface area contributed by atoms with Gasteiger partial charge < -0.3 is 28.3 Å². The van der Waals surface area contributed by atoms with Crippen LogP contribution in [0.3, 0.4) is 0 Å².